The maximum atomic E-state index is 2.58. The van der Waals surface area contributed by atoms with Gasteiger partial charge < -0.3 is 9.80 Å². The third-order valence-corrected chi connectivity index (χ3v) is 17.1. The topological polar surface area (TPSA) is 6.48 Å². The van der Waals surface area contributed by atoms with Gasteiger partial charge in [-0.25, -0.2) is 0 Å². The molecule has 4 heterocycles. The second-order valence-electron chi connectivity index (χ2n) is 19.5. The molecule has 2 aliphatic heterocycles. The SMILES string of the molecule is CC1Cc2ccc3c(c2C(C)C1)C(C)(C)c1c(ccc2sc4cc5c(cc4c12)sc1ccc2c(c15)C(C)(C)c1c(ccc4ccccc14)N2c1ccccc1)N3c1ccccc1. The van der Waals surface area contributed by atoms with Gasteiger partial charge in [0, 0.05) is 62.5 Å². The Morgan fingerprint density at radius 3 is 1.55 bits per heavy atom. The Kier molecular flexibility index (Phi) is 7.58. The second-order valence-corrected chi connectivity index (χ2v) is 21.6. The molecule has 4 heteroatoms. The molecule has 13 rings (SSSR count). The molecule has 2 unspecified atom stereocenters. The molecule has 0 amide bonds. The lowest BCUT2D eigenvalue weighted by Gasteiger charge is -2.46. The Labute approximate surface area is 371 Å². The highest BCUT2D eigenvalue weighted by Crippen LogP contribution is 2.61. The first-order chi connectivity index (χ1) is 30.1. The number of hydrogen-bond donors (Lipinski definition) is 0. The molecule has 2 nitrogen and oxygen atoms in total. The molecular weight excluding hydrogens is 789 g/mol. The number of hydrogen-bond acceptors (Lipinski definition) is 4. The van der Waals surface area contributed by atoms with Gasteiger partial charge in [-0.15, -0.1) is 22.7 Å². The van der Waals surface area contributed by atoms with Crippen molar-refractivity contribution in [2.45, 2.75) is 71.1 Å². The van der Waals surface area contributed by atoms with Crippen molar-refractivity contribution in [2.75, 3.05) is 9.80 Å². The van der Waals surface area contributed by atoms with Gasteiger partial charge in [-0.2, -0.15) is 0 Å². The molecule has 0 radical (unpaired) electrons. The maximum Gasteiger partial charge on any atom is 0.0509 e. The first-order valence-corrected chi connectivity index (χ1v) is 24.0. The number of benzene rings is 8. The fraction of sp³-hybridized carbons (Fsp3) is 0.207. The van der Waals surface area contributed by atoms with Crippen molar-refractivity contribution in [2.24, 2.45) is 5.92 Å². The maximum absolute atomic E-state index is 2.58. The van der Waals surface area contributed by atoms with Crippen molar-refractivity contribution in [3.8, 4) is 0 Å². The predicted molar refractivity (Wildman–Crippen MR) is 269 cm³/mol. The van der Waals surface area contributed by atoms with E-state index in [-0.39, 0.29) is 10.8 Å². The average Bonchev–Trinajstić information content (AvgIpc) is 3.82. The van der Waals surface area contributed by atoms with Crippen LogP contribution in [0.5, 0.6) is 0 Å². The van der Waals surface area contributed by atoms with E-state index in [9.17, 15) is 0 Å². The summed E-state index contributed by atoms with van der Waals surface area (Å²) in [5.41, 5.74) is 16.0. The normalized spacial score (nSPS) is 18.5. The smallest absolute Gasteiger partial charge is 0.0509 e. The first-order valence-electron chi connectivity index (χ1n) is 22.4. The fourth-order valence-corrected chi connectivity index (χ4v) is 14.9. The fourth-order valence-electron chi connectivity index (χ4n) is 12.6. The quantitative estimate of drug-likeness (QED) is 0.171. The molecule has 0 fully saturated rings. The van der Waals surface area contributed by atoms with E-state index >= 15 is 0 Å². The van der Waals surface area contributed by atoms with Gasteiger partial charge in [0.05, 0.1) is 22.7 Å². The van der Waals surface area contributed by atoms with Gasteiger partial charge in [-0.05, 0) is 142 Å². The number of thiophene rings is 2. The third-order valence-electron chi connectivity index (χ3n) is 14.9. The highest BCUT2D eigenvalue weighted by atomic mass is 32.1. The van der Waals surface area contributed by atoms with E-state index in [1.807, 2.05) is 22.7 Å². The van der Waals surface area contributed by atoms with E-state index in [0.717, 1.165) is 6.42 Å². The lowest BCUT2D eigenvalue weighted by molar-refractivity contribution is 0.441. The Bertz CT molecular complexity index is 3520. The van der Waals surface area contributed by atoms with Crippen LogP contribution in [0.4, 0.5) is 34.1 Å². The van der Waals surface area contributed by atoms with Crippen LogP contribution in [0, 0.1) is 5.92 Å². The van der Waals surface area contributed by atoms with Gasteiger partial charge in [0.25, 0.3) is 0 Å². The Balaban J connectivity index is 1.10. The molecule has 2 atom stereocenters. The van der Waals surface area contributed by atoms with Crippen LogP contribution in [-0.2, 0) is 17.3 Å². The summed E-state index contributed by atoms with van der Waals surface area (Å²) in [4.78, 5) is 5.10. The van der Waals surface area contributed by atoms with Gasteiger partial charge in [-0.3, -0.25) is 0 Å². The van der Waals surface area contributed by atoms with Crippen molar-refractivity contribution in [1.29, 1.82) is 0 Å². The Morgan fingerprint density at radius 2 is 0.952 bits per heavy atom. The van der Waals surface area contributed by atoms with E-state index in [1.165, 1.54) is 114 Å². The van der Waals surface area contributed by atoms with Crippen molar-refractivity contribution in [1.82, 2.24) is 0 Å². The van der Waals surface area contributed by atoms with Crippen molar-refractivity contribution >= 4 is 108 Å². The number of anilines is 6. The van der Waals surface area contributed by atoms with Crippen LogP contribution >= 0.6 is 22.7 Å². The van der Waals surface area contributed by atoms with Crippen LogP contribution in [0.2, 0.25) is 0 Å². The standard InChI is InChI=1S/C58H48N2S2/c1-33-29-34(2)50-36(30-33)22-24-43-54(50)58(5,6)56-45(60(43)38-18-11-8-12-19-38)26-28-47-52(56)41-32-48-40(31-49(41)62-47)51-46(61-48)27-25-44-55(51)57(3,4)53-39-20-14-13-15-35(39)21-23-42(53)59(44)37-16-9-7-10-17-37/h7-28,31-34H,29-30H2,1-6H3. The molecule has 0 saturated heterocycles. The van der Waals surface area contributed by atoms with E-state index < -0.39 is 0 Å². The number of para-hydroxylation sites is 2. The second kappa shape index (κ2) is 12.8. The average molecular weight is 837 g/mol. The number of rotatable bonds is 2. The molecule has 302 valence electrons. The Hall–Kier alpha value is -5.94. The van der Waals surface area contributed by atoms with E-state index in [0.29, 0.717) is 11.8 Å². The van der Waals surface area contributed by atoms with E-state index in [1.54, 1.807) is 11.1 Å². The third kappa shape index (κ3) is 4.85. The lowest BCUT2D eigenvalue weighted by Crippen LogP contribution is -2.34. The highest BCUT2D eigenvalue weighted by Gasteiger charge is 2.44. The minimum absolute atomic E-state index is 0.209. The molecule has 0 saturated carbocycles. The van der Waals surface area contributed by atoms with Crippen LogP contribution in [0.25, 0.3) is 51.1 Å². The van der Waals surface area contributed by atoms with E-state index in [4.69, 9.17) is 0 Å². The summed E-state index contributed by atoms with van der Waals surface area (Å²) < 4.78 is 5.45. The summed E-state index contributed by atoms with van der Waals surface area (Å²) in [5.74, 6) is 1.21. The zero-order valence-corrected chi connectivity index (χ0v) is 37.8. The van der Waals surface area contributed by atoms with Crippen LogP contribution in [-0.4, -0.2) is 0 Å². The van der Waals surface area contributed by atoms with Crippen molar-refractivity contribution in [3.63, 3.8) is 0 Å². The first kappa shape index (κ1) is 36.7. The molecule has 1 aliphatic carbocycles. The highest BCUT2D eigenvalue weighted by molar-refractivity contribution is 7.27. The van der Waals surface area contributed by atoms with Gasteiger partial charge in [0.1, 0.15) is 0 Å². The van der Waals surface area contributed by atoms with E-state index in [2.05, 4.69) is 197 Å². The zero-order chi connectivity index (χ0) is 41.8. The number of nitrogens with zero attached hydrogens (tertiary/aromatic N) is 2. The molecule has 10 aromatic rings. The van der Waals surface area contributed by atoms with Crippen LogP contribution in [0.3, 0.4) is 0 Å². The van der Waals surface area contributed by atoms with Gasteiger partial charge in [0.2, 0.25) is 0 Å². The summed E-state index contributed by atoms with van der Waals surface area (Å²) >= 11 is 3.93. The minimum Gasteiger partial charge on any atom is -0.310 e. The monoisotopic (exact) mass is 836 g/mol. The summed E-state index contributed by atoms with van der Waals surface area (Å²) in [7, 11) is 0. The largest absolute Gasteiger partial charge is 0.310 e. The van der Waals surface area contributed by atoms with Crippen LogP contribution in [0.15, 0.2) is 146 Å². The Morgan fingerprint density at radius 1 is 0.468 bits per heavy atom. The molecular formula is C58H48N2S2. The predicted octanol–water partition coefficient (Wildman–Crippen LogP) is 17.5. The molecule has 2 aromatic heterocycles. The zero-order valence-electron chi connectivity index (χ0n) is 36.1. The minimum atomic E-state index is -0.259. The summed E-state index contributed by atoms with van der Waals surface area (Å²) in [5, 5.41) is 8.18. The van der Waals surface area contributed by atoms with Gasteiger partial charge in [-0.1, -0.05) is 114 Å². The summed E-state index contributed by atoms with van der Waals surface area (Å²) in [6.45, 7) is 14.9. The van der Waals surface area contributed by atoms with Crippen molar-refractivity contribution in [3.05, 3.63) is 179 Å². The van der Waals surface area contributed by atoms with Crippen LogP contribution < -0.4 is 9.80 Å². The summed E-state index contributed by atoms with van der Waals surface area (Å²) in [6, 6.07) is 55.3. The summed E-state index contributed by atoms with van der Waals surface area (Å²) in [6.07, 6.45) is 2.39. The van der Waals surface area contributed by atoms with Crippen LogP contribution in [0.1, 0.15) is 87.3 Å². The van der Waals surface area contributed by atoms with Crippen molar-refractivity contribution < 1.29 is 0 Å². The number of fused-ring (bicyclic) bond motifs is 16. The molecule has 0 spiro atoms. The van der Waals surface area contributed by atoms with Gasteiger partial charge in [0.15, 0.2) is 0 Å². The molecule has 0 N–H and O–H groups in total. The van der Waals surface area contributed by atoms with Gasteiger partial charge >= 0.3 is 0 Å². The molecule has 0 bridgehead atoms. The lowest BCUT2D eigenvalue weighted by atomic mass is 9.65. The molecule has 62 heavy (non-hydrogen) atoms. The molecule has 8 aromatic carbocycles. The molecule has 3 aliphatic rings.